The number of urea groups is 1. The highest BCUT2D eigenvalue weighted by molar-refractivity contribution is 6.07. The Hall–Kier alpha value is -1.59. The van der Waals surface area contributed by atoms with Crippen molar-refractivity contribution < 1.29 is 19.1 Å². The molecule has 2 rings (SSSR count). The number of amides is 3. The number of hydrogen-bond donors (Lipinski definition) is 1. The van der Waals surface area contributed by atoms with Crippen molar-refractivity contribution in [3.63, 3.8) is 0 Å². The minimum absolute atomic E-state index is 0.0475. The summed E-state index contributed by atoms with van der Waals surface area (Å²) in [5, 5.41) is 2.91. The second kappa shape index (κ2) is 6.03. The van der Waals surface area contributed by atoms with Crippen molar-refractivity contribution in [1.82, 2.24) is 10.2 Å². The summed E-state index contributed by atoms with van der Waals surface area (Å²) in [6.45, 7) is 6.15. The van der Waals surface area contributed by atoms with Crippen molar-refractivity contribution in [3.05, 3.63) is 0 Å². The Kier molecular flexibility index (Phi) is 4.54. The lowest BCUT2D eigenvalue weighted by molar-refractivity contribution is -0.144. The molecule has 118 valence electrons. The summed E-state index contributed by atoms with van der Waals surface area (Å²) in [7, 11) is 0. The Balaban J connectivity index is 2.10. The van der Waals surface area contributed by atoms with Crippen LogP contribution < -0.4 is 5.32 Å². The first-order valence-electron chi connectivity index (χ1n) is 7.73. The maximum Gasteiger partial charge on any atom is 0.325 e. The normalized spacial score (nSPS) is 32.4. The molecule has 21 heavy (non-hydrogen) atoms. The second-order valence-electron chi connectivity index (χ2n) is 6.04. The minimum atomic E-state index is -0.788. The zero-order chi connectivity index (χ0) is 15.6. The number of carbonyl (C=O) groups is 3. The number of carbonyl (C=O) groups excluding carboxylic acids is 3. The van der Waals surface area contributed by atoms with Crippen molar-refractivity contribution in [2.45, 2.75) is 52.0 Å². The molecule has 1 aliphatic heterocycles. The van der Waals surface area contributed by atoms with E-state index >= 15 is 0 Å². The minimum Gasteiger partial charge on any atom is -0.466 e. The molecule has 6 heteroatoms. The van der Waals surface area contributed by atoms with Gasteiger partial charge in [-0.1, -0.05) is 20.3 Å². The summed E-state index contributed by atoms with van der Waals surface area (Å²) in [6.07, 6.45) is 2.99. The van der Waals surface area contributed by atoms with Gasteiger partial charge in [-0.05, 0) is 31.6 Å². The quantitative estimate of drug-likeness (QED) is 0.632. The summed E-state index contributed by atoms with van der Waals surface area (Å²) in [5.74, 6) is -0.337. The van der Waals surface area contributed by atoms with Gasteiger partial charge in [0.1, 0.15) is 5.54 Å². The molecule has 2 unspecified atom stereocenters. The average Bonchev–Trinajstić information content (AvgIpc) is 2.67. The molecule has 2 fully saturated rings. The van der Waals surface area contributed by atoms with E-state index in [0.29, 0.717) is 6.61 Å². The van der Waals surface area contributed by atoms with E-state index in [1.54, 1.807) is 6.92 Å². The molecule has 0 bridgehead atoms. The fraction of sp³-hybridized carbons (Fsp3) is 0.800. The Labute approximate surface area is 125 Å². The third-order valence-electron chi connectivity index (χ3n) is 4.83. The zero-order valence-corrected chi connectivity index (χ0v) is 13.0. The summed E-state index contributed by atoms with van der Waals surface area (Å²) in [6, 6.07) is -0.384. The summed E-state index contributed by atoms with van der Waals surface area (Å²) < 4.78 is 4.84. The van der Waals surface area contributed by atoms with Gasteiger partial charge in [-0.25, -0.2) is 4.79 Å². The number of nitrogens with zero attached hydrogens (tertiary/aromatic N) is 1. The van der Waals surface area contributed by atoms with E-state index < -0.39 is 5.54 Å². The number of nitrogens with one attached hydrogen (secondary N) is 1. The summed E-state index contributed by atoms with van der Waals surface area (Å²) >= 11 is 0. The SMILES string of the molecule is CCOC(=O)CCN1C(=O)NC2(C1=O)C(C)CCCC2C. The highest BCUT2D eigenvalue weighted by atomic mass is 16.5. The van der Waals surface area contributed by atoms with Gasteiger partial charge in [-0.15, -0.1) is 0 Å². The van der Waals surface area contributed by atoms with Crippen LogP contribution in [0.15, 0.2) is 0 Å². The monoisotopic (exact) mass is 296 g/mol. The fourth-order valence-corrected chi connectivity index (χ4v) is 3.59. The predicted octanol–water partition coefficient (Wildman–Crippen LogP) is 1.69. The van der Waals surface area contributed by atoms with E-state index in [1.807, 2.05) is 13.8 Å². The van der Waals surface area contributed by atoms with Gasteiger partial charge in [-0.3, -0.25) is 14.5 Å². The highest BCUT2D eigenvalue weighted by Gasteiger charge is 2.58. The third-order valence-corrected chi connectivity index (χ3v) is 4.83. The lowest BCUT2D eigenvalue weighted by Crippen LogP contribution is -2.58. The molecule has 1 spiro atoms. The number of rotatable bonds is 4. The molecule has 0 aromatic heterocycles. The van der Waals surface area contributed by atoms with Crippen LogP contribution in [0.25, 0.3) is 0 Å². The van der Waals surface area contributed by atoms with Gasteiger partial charge in [0, 0.05) is 6.54 Å². The van der Waals surface area contributed by atoms with Crippen molar-refractivity contribution in [2.24, 2.45) is 11.8 Å². The largest absolute Gasteiger partial charge is 0.466 e. The Morgan fingerprint density at radius 2 is 1.95 bits per heavy atom. The van der Waals surface area contributed by atoms with E-state index in [4.69, 9.17) is 4.74 Å². The average molecular weight is 296 g/mol. The number of ether oxygens (including phenoxy) is 1. The first kappa shape index (κ1) is 15.8. The van der Waals surface area contributed by atoms with E-state index in [9.17, 15) is 14.4 Å². The van der Waals surface area contributed by atoms with E-state index in [1.165, 1.54) is 4.90 Å². The predicted molar refractivity (Wildman–Crippen MR) is 76.4 cm³/mol. The molecule has 3 amide bonds. The van der Waals surface area contributed by atoms with Crippen LogP contribution in [-0.4, -0.2) is 41.5 Å². The smallest absolute Gasteiger partial charge is 0.325 e. The highest BCUT2D eigenvalue weighted by Crippen LogP contribution is 2.42. The molecular weight excluding hydrogens is 272 g/mol. The zero-order valence-electron chi connectivity index (χ0n) is 13.0. The molecule has 1 heterocycles. The van der Waals surface area contributed by atoms with Crippen LogP contribution in [0.2, 0.25) is 0 Å². The van der Waals surface area contributed by atoms with E-state index in [0.717, 1.165) is 19.3 Å². The van der Waals surface area contributed by atoms with Crippen LogP contribution in [0.3, 0.4) is 0 Å². The second-order valence-corrected chi connectivity index (χ2v) is 6.04. The van der Waals surface area contributed by atoms with Gasteiger partial charge >= 0.3 is 12.0 Å². The molecule has 0 aromatic carbocycles. The number of hydrogen-bond acceptors (Lipinski definition) is 4. The van der Waals surface area contributed by atoms with Gasteiger partial charge in [0.15, 0.2) is 0 Å². The van der Waals surface area contributed by atoms with Crippen LogP contribution in [0.5, 0.6) is 0 Å². The Bertz CT molecular complexity index is 439. The van der Waals surface area contributed by atoms with Gasteiger partial charge in [0.25, 0.3) is 5.91 Å². The molecule has 1 N–H and O–H groups in total. The van der Waals surface area contributed by atoms with Gasteiger partial charge in [0.05, 0.1) is 13.0 Å². The van der Waals surface area contributed by atoms with Crippen molar-refractivity contribution in [3.8, 4) is 0 Å². The number of imide groups is 1. The number of esters is 1. The van der Waals surface area contributed by atoms with Crippen molar-refractivity contribution in [2.75, 3.05) is 13.2 Å². The maximum atomic E-state index is 12.8. The third kappa shape index (κ3) is 2.63. The lowest BCUT2D eigenvalue weighted by atomic mass is 9.67. The van der Waals surface area contributed by atoms with Gasteiger partial charge in [0.2, 0.25) is 0 Å². The molecule has 2 aliphatic rings. The summed E-state index contributed by atoms with van der Waals surface area (Å²) in [4.78, 5) is 37.5. The van der Waals surface area contributed by atoms with Crippen LogP contribution in [0, 0.1) is 11.8 Å². The molecule has 1 aliphatic carbocycles. The standard InChI is InChI=1S/C15H24N2O4/c1-4-21-12(18)8-9-17-13(19)15(16-14(17)20)10(2)6-5-7-11(15)3/h10-11H,4-9H2,1-3H3,(H,16,20). The molecule has 0 radical (unpaired) electrons. The lowest BCUT2D eigenvalue weighted by Gasteiger charge is -2.42. The van der Waals surface area contributed by atoms with Crippen molar-refractivity contribution >= 4 is 17.9 Å². The topological polar surface area (TPSA) is 75.7 Å². The van der Waals surface area contributed by atoms with Gasteiger partial charge in [-0.2, -0.15) is 0 Å². The van der Waals surface area contributed by atoms with E-state index in [-0.39, 0.29) is 42.7 Å². The van der Waals surface area contributed by atoms with Gasteiger partial charge < -0.3 is 10.1 Å². The Morgan fingerprint density at radius 3 is 2.52 bits per heavy atom. The molecule has 0 aromatic rings. The molecule has 1 saturated heterocycles. The van der Waals surface area contributed by atoms with Crippen molar-refractivity contribution in [1.29, 1.82) is 0 Å². The Morgan fingerprint density at radius 1 is 1.33 bits per heavy atom. The fourth-order valence-electron chi connectivity index (χ4n) is 3.59. The molecular formula is C15H24N2O4. The van der Waals surface area contributed by atoms with Crippen LogP contribution in [0.1, 0.15) is 46.5 Å². The molecule has 6 nitrogen and oxygen atoms in total. The molecule has 2 atom stereocenters. The molecule has 1 saturated carbocycles. The first-order valence-corrected chi connectivity index (χ1v) is 7.73. The first-order chi connectivity index (χ1) is 9.93. The summed E-state index contributed by atoms with van der Waals surface area (Å²) in [5.41, 5.74) is -0.788. The van der Waals surface area contributed by atoms with Crippen LogP contribution >= 0.6 is 0 Å². The van der Waals surface area contributed by atoms with Crippen LogP contribution in [0.4, 0.5) is 4.79 Å². The van der Waals surface area contributed by atoms with Crippen LogP contribution in [-0.2, 0) is 14.3 Å². The maximum absolute atomic E-state index is 12.8. The van der Waals surface area contributed by atoms with E-state index in [2.05, 4.69) is 5.32 Å².